The minimum atomic E-state index is -0.699. The average Bonchev–Trinajstić information content (AvgIpc) is 2.88. The van der Waals surface area contributed by atoms with Gasteiger partial charge in [0, 0.05) is 37.6 Å². The minimum absolute atomic E-state index is 0.207. The van der Waals surface area contributed by atoms with Gasteiger partial charge in [-0.25, -0.2) is 18.4 Å². The molecule has 8 heteroatoms. The quantitative estimate of drug-likeness (QED) is 0.841. The maximum atomic E-state index is 13.8. The van der Waals surface area contributed by atoms with Gasteiger partial charge in [0.15, 0.2) is 5.60 Å². The van der Waals surface area contributed by atoms with Crippen LogP contribution in [0.5, 0.6) is 0 Å². The summed E-state index contributed by atoms with van der Waals surface area (Å²) in [5.41, 5.74) is -0.418. The van der Waals surface area contributed by atoms with Crippen LogP contribution in [0, 0.1) is 11.6 Å². The average molecular weight is 340 g/mol. The first-order chi connectivity index (χ1) is 11.4. The van der Waals surface area contributed by atoms with Crippen molar-refractivity contribution in [1.82, 2.24) is 10.2 Å². The smallest absolute Gasteiger partial charge is 0.430 e. The molecule has 2 heterocycles. The molecule has 2 saturated heterocycles. The highest BCUT2D eigenvalue weighted by molar-refractivity contribution is 5.75. The number of likely N-dealkylation sites (tertiary alicyclic amines) is 1. The van der Waals surface area contributed by atoms with E-state index in [4.69, 9.17) is 9.47 Å². The summed E-state index contributed by atoms with van der Waals surface area (Å²) in [6, 6.07) is 2.32. The van der Waals surface area contributed by atoms with Gasteiger partial charge in [-0.1, -0.05) is 6.07 Å². The summed E-state index contributed by atoms with van der Waals surface area (Å²) in [6.45, 7) is 2.65. The first-order valence-corrected chi connectivity index (χ1v) is 7.75. The topological polar surface area (TPSA) is 67.9 Å². The number of hydrogen-bond acceptors (Lipinski definition) is 4. The molecule has 1 atom stereocenters. The van der Waals surface area contributed by atoms with Crippen LogP contribution in [-0.4, -0.2) is 42.4 Å². The summed E-state index contributed by atoms with van der Waals surface area (Å²) in [5.74, 6) is -1.36. The molecule has 2 aliphatic heterocycles. The first kappa shape index (κ1) is 16.5. The second kappa shape index (κ2) is 6.26. The lowest BCUT2D eigenvalue weighted by Crippen LogP contribution is -2.51. The molecule has 1 aromatic rings. The molecule has 6 nitrogen and oxygen atoms in total. The van der Waals surface area contributed by atoms with Crippen molar-refractivity contribution in [2.24, 2.45) is 0 Å². The molecule has 1 N–H and O–H groups in total. The van der Waals surface area contributed by atoms with E-state index in [9.17, 15) is 18.4 Å². The van der Waals surface area contributed by atoms with Crippen LogP contribution < -0.4 is 5.32 Å². The Labute approximate surface area is 137 Å². The van der Waals surface area contributed by atoms with E-state index in [2.05, 4.69) is 5.32 Å². The molecule has 0 bridgehead atoms. The van der Waals surface area contributed by atoms with Crippen molar-refractivity contribution in [1.29, 1.82) is 0 Å². The second-order valence-corrected chi connectivity index (χ2v) is 6.15. The lowest BCUT2D eigenvalue weighted by Gasteiger charge is -2.36. The highest BCUT2D eigenvalue weighted by Crippen LogP contribution is 2.31. The van der Waals surface area contributed by atoms with Crippen LogP contribution in [0.4, 0.5) is 18.4 Å². The van der Waals surface area contributed by atoms with Gasteiger partial charge in [-0.2, -0.15) is 0 Å². The Morgan fingerprint density at radius 1 is 1.33 bits per heavy atom. The summed E-state index contributed by atoms with van der Waals surface area (Å²) in [6.07, 6.45) is 0.310. The highest BCUT2D eigenvalue weighted by atomic mass is 19.1. The molecule has 0 aromatic heterocycles. The molecule has 1 spiro atoms. The van der Waals surface area contributed by atoms with E-state index < -0.39 is 29.4 Å². The maximum Gasteiger partial charge on any atom is 0.509 e. The standard InChI is InChI=1S/C16H18F2N2O4/c1-10(12-3-2-11(17)8-13(12)18)19-14(21)20-6-4-16(5-7-20)9-23-15(22)24-16/h2-3,8,10H,4-7,9H2,1H3,(H,19,21)/t10-/m1/s1. The van der Waals surface area contributed by atoms with Crippen molar-refractivity contribution in [3.63, 3.8) is 0 Å². The Bertz CT molecular complexity index is 659. The summed E-state index contributed by atoms with van der Waals surface area (Å²) < 4.78 is 36.7. The fourth-order valence-electron chi connectivity index (χ4n) is 3.00. The van der Waals surface area contributed by atoms with Gasteiger partial charge in [-0.3, -0.25) is 0 Å². The number of cyclic esters (lactones) is 1. The fraction of sp³-hybridized carbons (Fsp3) is 0.500. The van der Waals surface area contributed by atoms with Crippen molar-refractivity contribution < 1.29 is 27.8 Å². The zero-order valence-corrected chi connectivity index (χ0v) is 13.2. The molecule has 0 radical (unpaired) electrons. The molecule has 0 unspecified atom stereocenters. The van der Waals surface area contributed by atoms with Crippen LogP contribution in [0.1, 0.15) is 31.4 Å². The zero-order chi connectivity index (χ0) is 17.3. The number of piperidine rings is 1. The Kier molecular flexibility index (Phi) is 4.29. The number of nitrogens with one attached hydrogen (secondary N) is 1. The monoisotopic (exact) mass is 340 g/mol. The Morgan fingerprint density at radius 3 is 2.62 bits per heavy atom. The molecule has 2 fully saturated rings. The number of halogens is 2. The predicted molar refractivity (Wildman–Crippen MR) is 79.3 cm³/mol. The third-order valence-corrected chi connectivity index (χ3v) is 4.48. The number of amides is 2. The number of urea groups is 1. The number of benzene rings is 1. The zero-order valence-electron chi connectivity index (χ0n) is 13.2. The lowest BCUT2D eigenvalue weighted by atomic mass is 9.92. The summed E-state index contributed by atoms with van der Waals surface area (Å²) in [4.78, 5) is 25.0. The van der Waals surface area contributed by atoms with Gasteiger partial charge in [-0.05, 0) is 13.0 Å². The normalized spacial score (nSPS) is 20.5. The number of ether oxygens (including phenoxy) is 2. The fourth-order valence-corrected chi connectivity index (χ4v) is 3.00. The van der Waals surface area contributed by atoms with Gasteiger partial charge in [0.1, 0.15) is 18.2 Å². The van der Waals surface area contributed by atoms with Gasteiger partial charge in [0.2, 0.25) is 0 Å². The first-order valence-electron chi connectivity index (χ1n) is 7.75. The van der Waals surface area contributed by atoms with Crippen molar-refractivity contribution in [3.05, 3.63) is 35.4 Å². The van der Waals surface area contributed by atoms with Crippen LogP contribution in [0.2, 0.25) is 0 Å². The molecule has 0 saturated carbocycles. The molecular weight excluding hydrogens is 322 g/mol. The summed E-state index contributed by atoms with van der Waals surface area (Å²) in [5, 5.41) is 2.70. The van der Waals surface area contributed by atoms with E-state index in [1.165, 1.54) is 6.07 Å². The van der Waals surface area contributed by atoms with Crippen molar-refractivity contribution >= 4 is 12.2 Å². The molecule has 24 heavy (non-hydrogen) atoms. The van der Waals surface area contributed by atoms with Gasteiger partial charge < -0.3 is 19.7 Å². The number of carbonyl (C=O) groups excluding carboxylic acids is 2. The van der Waals surface area contributed by atoms with Crippen LogP contribution in [-0.2, 0) is 9.47 Å². The second-order valence-electron chi connectivity index (χ2n) is 6.15. The number of hydrogen-bond donors (Lipinski definition) is 1. The molecule has 130 valence electrons. The van der Waals surface area contributed by atoms with E-state index in [-0.39, 0.29) is 18.2 Å². The molecule has 2 amide bonds. The van der Waals surface area contributed by atoms with E-state index in [1.807, 2.05) is 0 Å². The van der Waals surface area contributed by atoms with Gasteiger partial charge in [0.25, 0.3) is 0 Å². The molecular formula is C16H18F2N2O4. The third-order valence-electron chi connectivity index (χ3n) is 4.48. The number of carbonyl (C=O) groups is 2. The van der Waals surface area contributed by atoms with Crippen LogP contribution in [0.15, 0.2) is 18.2 Å². The van der Waals surface area contributed by atoms with Crippen LogP contribution in [0.25, 0.3) is 0 Å². The van der Waals surface area contributed by atoms with Crippen molar-refractivity contribution in [3.8, 4) is 0 Å². The van der Waals surface area contributed by atoms with Gasteiger partial charge in [-0.15, -0.1) is 0 Å². The van der Waals surface area contributed by atoms with Crippen LogP contribution >= 0.6 is 0 Å². The largest absolute Gasteiger partial charge is 0.509 e. The third kappa shape index (κ3) is 3.27. The van der Waals surface area contributed by atoms with E-state index in [1.54, 1.807) is 11.8 Å². The molecule has 2 aliphatic rings. The molecule has 0 aliphatic carbocycles. The van der Waals surface area contributed by atoms with Gasteiger partial charge in [0.05, 0.1) is 6.04 Å². The number of rotatable bonds is 2. The molecule has 1 aromatic carbocycles. The summed E-state index contributed by atoms with van der Waals surface area (Å²) in [7, 11) is 0. The highest BCUT2D eigenvalue weighted by Gasteiger charge is 2.45. The minimum Gasteiger partial charge on any atom is -0.430 e. The van der Waals surface area contributed by atoms with E-state index in [0.717, 1.165) is 12.1 Å². The van der Waals surface area contributed by atoms with Crippen molar-refractivity contribution in [2.45, 2.75) is 31.4 Å². The predicted octanol–water partition coefficient (Wildman–Crippen LogP) is 2.74. The van der Waals surface area contributed by atoms with Crippen molar-refractivity contribution in [2.75, 3.05) is 19.7 Å². The number of nitrogens with zero attached hydrogens (tertiary/aromatic N) is 1. The Balaban J connectivity index is 1.57. The Hall–Kier alpha value is -2.38. The van der Waals surface area contributed by atoms with Gasteiger partial charge >= 0.3 is 12.2 Å². The Morgan fingerprint density at radius 2 is 2.04 bits per heavy atom. The maximum absolute atomic E-state index is 13.8. The SMILES string of the molecule is C[C@@H](NC(=O)N1CCC2(CC1)COC(=O)O2)c1ccc(F)cc1F. The summed E-state index contributed by atoms with van der Waals surface area (Å²) >= 11 is 0. The molecule has 3 rings (SSSR count). The van der Waals surface area contributed by atoms with Crippen LogP contribution in [0.3, 0.4) is 0 Å². The van der Waals surface area contributed by atoms with E-state index in [0.29, 0.717) is 25.9 Å². The van der Waals surface area contributed by atoms with E-state index >= 15 is 0 Å². The lowest BCUT2D eigenvalue weighted by molar-refractivity contribution is 0.00917.